The lowest BCUT2D eigenvalue weighted by Gasteiger charge is -2.07. The molecule has 0 saturated heterocycles. The molecule has 0 amide bonds. The van der Waals surface area contributed by atoms with Gasteiger partial charge in [-0.25, -0.2) is 0 Å². The standard InChI is InChI=1S/C15H13BrN2O2S/c1-8-3-4-9(7-10(8)19-2)13-14(20-18-15(13)17)11-5-6-12(16)21-11/h3-7H,1-2H3,(H2,17,18). The molecule has 0 bridgehead atoms. The Bertz CT molecular complexity index is 795. The molecule has 6 heteroatoms. The molecule has 2 heterocycles. The van der Waals surface area contributed by atoms with Crippen molar-refractivity contribution >= 4 is 33.1 Å². The molecular formula is C15H13BrN2O2S. The number of hydrogen-bond donors (Lipinski definition) is 1. The fourth-order valence-corrected chi connectivity index (χ4v) is 3.53. The van der Waals surface area contributed by atoms with Gasteiger partial charge in [0.05, 0.1) is 21.3 Å². The summed E-state index contributed by atoms with van der Waals surface area (Å²) in [6, 6.07) is 9.88. The van der Waals surface area contributed by atoms with Gasteiger partial charge in [-0.3, -0.25) is 0 Å². The number of methoxy groups -OCH3 is 1. The first kappa shape index (κ1) is 14.2. The van der Waals surface area contributed by atoms with Crippen LogP contribution in [0.3, 0.4) is 0 Å². The quantitative estimate of drug-likeness (QED) is 0.729. The fourth-order valence-electron chi connectivity index (χ4n) is 2.16. The molecule has 1 aromatic carbocycles. The average molecular weight is 365 g/mol. The van der Waals surface area contributed by atoms with E-state index in [9.17, 15) is 0 Å². The Morgan fingerprint density at radius 3 is 2.76 bits per heavy atom. The van der Waals surface area contributed by atoms with Crippen molar-refractivity contribution in [3.63, 3.8) is 0 Å². The molecule has 0 saturated carbocycles. The Morgan fingerprint density at radius 2 is 2.10 bits per heavy atom. The van der Waals surface area contributed by atoms with Crippen molar-refractivity contribution in [1.29, 1.82) is 0 Å². The first-order valence-electron chi connectivity index (χ1n) is 6.26. The Labute approximate surface area is 134 Å². The first-order chi connectivity index (χ1) is 10.1. The minimum atomic E-state index is 0.375. The van der Waals surface area contributed by atoms with E-state index in [-0.39, 0.29) is 0 Å². The van der Waals surface area contributed by atoms with Crippen molar-refractivity contribution in [3.05, 3.63) is 39.7 Å². The van der Waals surface area contributed by atoms with Crippen LogP contribution in [0.25, 0.3) is 21.8 Å². The number of ether oxygens (including phenoxy) is 1. The summed E-state index contributed by atoms with van der Waals surface area (Å²) in [5.74, 6) is 1.86. The maximum atomic E-state index is 5.99. The van der Waals surface area contributed by atoms with Gasteiger partial charge in [0.25, 0.3) is 0 Å². The van der Waals surface area contributed by atoms with Crippen molar-refractivity contribution < 1.29 is 9.26 Å². The number of nitrogens with zero attached hydrogens (tertiary/aromatic N) is 1. The summed E-state index contributed by atoms with van der Waals surface area (Å²) in [7, 11) is 1.65. The van der Waals surface area contributed by atoms with Crippen LogP contribution in [0.15, 0.2) is 38.6 Å². The SMILES string of the molecule is COc1cc(-c2c(N)noc2-c2ccc(Br)s2)ccc1C. The van der Waals surface area contributed by atoms with Gasteiger partial charge in [-0.2, -0.15) is 0 Å². The molecule has 4 nitrogen and oxygen atoms in total. The van der Waals surface area contributed by atoms with E-state index in [4.69, 9.17) is 15.0 Å². The zero-order chi connectivity index (χ0) is 15.0. The van der Waals surface area contributed by atoms with Gasteiger partial charge in [0.1, 0.15) is 5.75 Å². The van der Waals surface area contributed by atoms with Crippen LogP contribution in [0, 0.1) is 6.92 Å². The average Bonchev–Trinajstić information content (AvgIpc) is 3.05. The number of hydrogen-bond acceptors (Lipinski definition) is 5. The molecule has 0 aliphatic rings. The van der Waals surface area contributed by atoms with Crippen LogP contribution in [-0.2, 0) is 0 Å². The van der Waals surface area contributed by atoms with Gasteiger partial charge in [0.2, 0.25) is 0 Å². The molecule has 0 unspecified atom stereocenters. The number of benzene rings is 1. The second-order valence-electron chi connectivity index (χ2n) is 4.56. The summed E-state index contributed by atoms with van der Waals surface area (Å²) < 4.78 is 11.8. The van der Waals surface area contributed by atoms with E-state index in [0.717, 1.165) is 31.1 Å². The molecule has 3 rings (SSSR count). The Kier molecular flexibility index (Phi) is 3.73. The molecule has 0 aliphatic carbocycles. The molecule has 2 N–H and O–H groups in total. The largest absolute Gasteiger partial charge is 0.496 e. The number of aryl methyl sites for hydroxylation is 1. The zero-order valence-electron chi connectivity index (χ0n) is 11.5. The summed E-state index contributed by atoms with van der Waals surface area (Å²) >= 11 is 5.03. The van der Waals surface area contributed by atoms with E-state index in [1.807, 2.05) is 37.3 Å². The van der Waals surface area contributed by atoms with Crippen LogP contribution in [-0.4, -0.2) is 12.3 Å². The molecule has 3 aromatic rings. The monoisotopic (exact) mass is 364 g/mol. The lowest BCUT2D eigenvalue weighted by Crippen LogP contribution is -1.91. The summed E-state index contributed by atoms with van der Waals surface area (Å²) in [6.07, 6.45) is 0. The second kappa shape index (κ2) is 5.54. The third-order valence-electron chi connectivity index (χ3n) is 3.21. The van der Waals surface area contributed by atoms with Gasteiger partial charge in [-0.05, 0) is 52.2 Å². The maximum Gasteiger partial charge on any atom is 0.186 e. The number of halogens is 1. The number of anilines is 1. The van der Waals surface area contributed by atoms with Crippen LogP contribution >= 0.6 is 27.3 Å². The van der Waals surface area contributed by atoms with Crippen LogP contribution in [0.1, 0.15) is 5.56 Å². The Hall–Kier alpha value is -1.79. The van der Waals surface area contributed by atoms with Gasteiger partial charge in [-0.1, -0.05) is 17.3 Å². The molecule has 0 aliphatic heterocycles. The molecule has 2 aromatic heterocycles. The highest BCUT2D eigenvalue weighted by atomic mass is 79.9. The molecule has 0 spiro atoms. The van der Waals surface area contributed by atoms with Crippen LogP contribution in [0.2, 0.25) is 0 Å². The molecule has 21 heavy (non-hydrogen) atoms. The lowest BCUT2D eigenvalue weighted by atomic mass is 10.0. The summed E-state index contributed by atoms with van der Waals surface area (Å²) in [6.45, 7) is 2.00. The molecule has 0 fully saturated rings. The summed E-state index contributed by atoms with van der Waals surface area (Å²) in [4.78, 5) is 0.973. The van der Waals surface area contributed by atoms with E-state index in [1.54, 1.807) is 18.4 Å². The second-order valence-corrected chi connectivity index (χ2v) is 7.02. The van der Waals surface area contributed by atoms with Gasteiger partial charge in [0, 0.05) is 0 Å². The first-order valence-corrected chi connectivity index (χ1v) is 7.87. The Balaban J connectivity index is 2.17. The number of nitrogen functional groups attached to an aromatic ring is 1. The molecule has 0 atom stereocenters. The van der Waals surface area contributed by atoms with Crippen molar-refractivity contribution in [2.24, 2.45) is 0 Å². The number of rotatable bonds is 3. The van der Waals surface area contributed by atoms with E-state index in [0.29, 0.717) is 11.6 Å². The third kappa shape index (κ3) is 2.56. The zero-order valence-corrected chi connectivity index (χ0v) is 13.9. The maximum absolute atomic E-state index is 5.99. The van der Waals surface area contributed by atoms with E-state index in [1.165, 1.54) is 0 Å². The number of nitrogens with two attached hydrogens (primary N) is 1. The summed E-state index contributed by atoms with van der Waals surface area (Å²) in [5.41, 5.74) is 8.78. The predicted molar refractivity (Wildman–Crippen MR) is 88.7 cm³/mol. The normalized spacial score (nSPS) is 10.8. The highest BCUT2D eigenvalue weighted by Gasteiger charge is 2.19. The lowest BCUT2D eigenvalue weighted by molar-refractivity contribution is 0.412. The van der Waals surface area contributed by atoms with E-state index in [2.05, 4.69) is 21.1 Å². The van der Waals surface area contributed by atoms with Crippen molar-refractivity contribution in [3.8, 4) is 27.5 Å². The molecule has 0 radical (unpaired) electrons. The minimum Gasteiger partial charge on any atom is -0.496 e. The minimum absolute atomic E-state index is 0.375. The smallest absolute Gasteiger partial charge is 0.186 e. The molecular weight excluding hydrogens is 352 g/mol. The predicted octanol–water partition coefficient (Wildman–Crippen LogP) is 4.73. The van der Waals surface area contributed by atoms with E-state index < -0.39 is 0 Å². The summed E-state index contributed by atoms with van der Waals surface area (Å²) in [5, 5.41) is 3.91. The van der Waals surface area contributed by atoms with Crippen molar-refractivity contribution in [2.45, 2.75) is 6.92 Å². The number of aromatic nitrogens is 1. The Morgan fingerprint density at radius 1 is 1.29 bits per heavy atom. The van der Waals surface area contributed by atoms with Crippen LogP contribution in [0.5, 0.6) is 5.75 Å². The molecule has 108 valence electrons. The van der Waals surface area contributed by atoms with Crippen LogP contribution < -0.4 is 10.5 Å². The van der Waals surface area contributed by atoms with Crippen LogP contribution in [0.4, 0.5) is 5.82 Å². The fraction of sp³-hybridized carbons (Fsp3) is 0.133. The van der Waals surface area contributed by atoms with Gasteiger partial charge < -0.3 is 15.0 Å². The van der Waals surface area contributed by atoms with Crippen molar-refractivity contribution in [1.82, 2.24) is 5.16 Å². The van der Waals surface area contributed by atoms with Gasteiger partial charge >= 0.3 is 0 Å². The van der Waals surface area contributed by atoms with Gasteiger partial charge in [-0.15, -0.1) is 11.3 Å². The topological polar surface area (TPSA) is 61.3 Å². The highest BCUT2D eigenvalue weighted by Crippen LogP contribution is 2.41. The highest BCUT2D eigenvalue weighted by molar-refractivity contribution is 9.11. The van der Waals surface area contributed by atoms with E-state index >= 15 is 0 Å². The van der Waals surface area contributed by atoms with Crippen molar-refractivity contribution in [2.75, 3.05) is 12.8 Å². The van der Waals surface area contributed by atoms with Gasteiger partial charge in [0.15, 0.2) is 11.6 Å². The third-order valence-corrected chi connectivity index (χ3v) is 4.83. The number of thiophene rings is 1.